The summed E-state index contributed by atoms with van der Waals surface area (Å²) in [6.45, 7) is 6.02. The van der Waals surface area contributed by atoms with E-state index in [0.29, 0.717) is 19.2 Å². The molecule has 1 aliphatic rings. The van der Waals surface area contributed by atoms with Crippen molar-refractivity contribution in [2.24, 2.45) is 11.7 Å². The van der Waals surface area contributed by atoms with Gasteiger partial charge in [-0.15, -0.1) is 0 Å². The van der Waals surface area contributed by atoms with Gasteiger partial charge in [-0.05, 0) is 49.4 Å². The largest absolute Gasteiger partial charge is 0.380 e. The van der Waals surface area contributed by atoms with Crippen LogP contribution in [0.1, 0.15) is 49.8 Å². The summed E-state index contributed by atoms with van der Waals surface area (Å²) >= 11 is 0. The highest BCUT2D eigenvalue weighted by Gasteiger charge is 2.23. The van der Waals surface area contributed by atoms with Gasteiger partial charge in [-0.1, -0.05) is 37.6 Å². The molecule has 0 aromatic heterocycles. The summed E-state index contributed by atoms with van der Waals surface area (Å²) in [7, 11) is 1.74. The predicted octanol–water partition coefficient (Wildman–Crippen LogP) is 3.34. The number of benzene rings is 1. The summed E-state index contributed by atoms with van der Waals surface area (Å²) in [4.78, 5) is 2.58. The molecule has 0 spiro atoms. The molecule has 3 nitrogen and oxygen atoms in total. The molecule has 2 rings (SSSR count). The zero-order valence-corrected chi connectivity index (χ0v) is 13.6. The second-order valence-corrected chi connectivity index (χ2v) is 6.17. The molecule has 1 aromatic rings. The number of rotatable bonds is 6. The van der Waals surface area contributed by atoms with Crippen molar-refractivity contribution in [2.75, 3.05) is 26.7 Å². The molecule has 0 saturated carbocycles. The Bertz CT molecular complexity index is 421. The fourth-order valence-corrected chi connectivity index (χ4v) is 3.46. The van der Waals surface area contributed by atoms with Gasteiger partial charge in [0.05, 0.1) is 6.61 Å². The lowest BCUT2D eigenvalue weighted by Crippen LogP contribution is -2.34. The van der Waals surface area contributed by atoms with Crippen molar-refractivity contribution < 1.29 is 4.74 Å². The van der Waals surface area contributed by atoms with E-state index < -0.39 is 0 Å². The van der Waals surface area contributed by atoms with Crippen molar-refractivity contribution in [2.45, 2.75) is 45.3 Å². The Morgan fingerprint density at radius 1 is 1.33 bits per heavy atom. The number of ether oxygens (including phenoxy) is 1. The lowest BCUT2D eigenvalue weighted by atomic mass is 9.98. The third kappa shape index (κ3) is 4.53. The molecule has 118 valence electrons. The number of nitrogens with zero attached hydrogens (tertiary/aromatic N) is 1. The van der Waals surface area contributed by atoms with E-state index in [9.17, 15) is 0 Å². The molecule has 0 radical (unpaired) electrons. The molecule has 1 heterocycles. The Labute approximate surface area is 129 Å². The maximum absolute atomic E-state index is 6.10. The number of methoxy groups -OCH3 is 1. The summed E-state index contributed by atoms with van der Waals surface area (Å²) in [5, 5.41) is 0. The van der Waals surface area contributed by atoms with Crippen LogP contribution in [0, 0.1) is 5.92 Å². The van der Waals surface area contributed by atoms with Crippen molar-refractivity contribution in [1.82, 2.24) is 4.90 Å². The smallest absolute Gasteiger partial charge is 0.0713 e. The molecular weight excluding hydrogens is 260 g/mol. The van der Waals surface area contributed by atoms with Gasteiger partial charge in [0.2, 0.25) is 0 Å². The minimum absolute atomic E-state index is 0.345. The molecule has 2 unspecified atom stereocenters. The van der Waals surface area contributed by atoms with Crippen LogP contribution in [0.4, 0.5) is 0 Å². The number of hydrogen-bond acceptors (Lipinski definition) is 3. The molecule has 2 N–H and O–H groups in total. The van der Waals surface area contributed by atoms with E-state index in [-0.39, 0.29) is 0 Å². The average molecular weight is 290 g/mol. The van der Waals surface area contributed by atoms with Gasteiger partial charge >= 0.3 is 0 Å². The molecule has 0 bridgehead atoms. The normalized spacial score (nSPS) is 22.0. The fourth-order valence-electron chi connectivity index (χ4n) is 3.46. The van der Waals surface area contributed by atoms with E-state index in [1.54, 1.807) is 7.11 Å². The SMILES string of the molecule is CCC1CCCN(C(CN)c2cccc(COC)c2)CC1. The molecule has 0 aliphatic carbocycles. The van der Waals surface area contributed by atoms with Crippen LogP contribution in [0.25, 0.3) is 0 Å². The molecular formula is C18H30N2O. The van der Waals surface area contributed by atoms with E-state index in [1.807, 2.05) is 0 Å². The van der Waals surface area contributed by atoms with Crippen LogP contribution in [0.15, 0.2) is 24.3 Å². The van der Waals surface area contributed by atoms with Crippen LogP contribution in [0.5, 0.6) is 0 Å². The van der Waals surface area contributed by atoms with Gasteiger partial charge in [0, 0.05) is 19.7 Å². The Balaban J connectivity index is 2.09. The Hall–Kier alpha value is -0.900. The Morgan fingerprint density at radius 3 is 2.90 bits per heavy atom. The van der Waals surface area contributed by atoms with Crippen LogP contribution in [-0.2, 0) is 11.3 Å². The maximum Gasteiger partial charge on any atom is 0.0713 e. The first kappa shape index (κ1) is 16.5. The number of hydrogen-bond donors (Lipinski definition) is 1. The second-order valence-electron chi connectivity index (χ2n) is 6.17. The van der Waals surface area contributed by atoms with Gasteiger partial charge in [-0.25, -0.2) is 0 Å². The predicted molar refractivity (Wildman–Crippen MR) is 88.2 cm³/mol. The lowest BCUT2D eigenvalue weighted by Gasteiger charge is -2.30. The third-order valence-electron chi connectivity index (χ3n) is 4.77. The molecule has 1 saturated heterocycles. The monoisotopic (exact) mass is 290 g/mol. The summed E-state index contributed by atoms with van der Waals surface area (Å²) < 4.78 is 5.25. The highest BCUT2D eigenvalue weighted by atomic mass is 16.5. The number of likely N-dealkylation sites (tertiary alicyclic amines) is 1. The molecule has 1 aromatic carbocycles. The van der Waals surface area contributed by atoms with Gasteiger partial charge in [-0.3, -0.25) is 4.90 Å². The van der Waals surface area contributed by atoms with Crippen molar-refractivity contribution in [3.05, 3.63) is 35.4 Å². The van der Waals surface area contributed by atoms with E-state index in [2.05, 4.69) is 36.1 Å². The molecule has 1 aliphatic heterocycles. The number of nitrogens with two attached hydrogens (primary N) is 1. The molecule has 21 heavy (non-hydrogen) atoms. The molecule has 3 heteroatoms. The fraction of sp³-hybridized carbons (Fsp3) is 0.667. The Kier molecular flexibility index (Phi) is 6.68. The van der Waals surface area contributed by atoms with Gasteiger partial charge in [0.25, 0.3) is 0 Å². The quantitative estimate of drug-likeness (QED) is 0.873. The van der Waals surface area contributed by atoms with Crippen LogP contribution in [0.2, 0.25) is 0 Å². The maximum atomic E-state index is 6.10. The first-order valence-electron chi connectivity index (χ1n) is 8.30. The van der Waals surface area contributed by atoms with Crippen molar-refractivity contribution >= 4 is 0 Å². The lowest BCUT2D eigenvalue weighted by molar-refractivity contribution is 0.184. The minimum Gasteiger partial charge on any atom is -0.380 e. The van der Waals surface area contributed by atoms with E-state index in [0.717, 1.165) is 5.92 Å². The van der Waals surface area contributed by atoms with Gasteiger partial charge in [0.15, 0.2) is 0 Å². The summed E-state index contributed by atoms with van der Waals surface area (Å²) in [5.41, 5.74) is 8.67. The van der Waals surface area contributed by atoms with E-state index in [1.165, 1.54) is 49.9 Å². The average Bonchev–Trinajstić information content (AvgIpc) is 2.75. The van der Waals surface area contributed by atoms with Gasteiger partial charge < -0.3 is 10.5 Å². The molecule has 2 atom stereocenters. The molecule has 1 fully saturated rings. The summed E-state index contributed by atoms with van der Waals surface area (Å²) in [6, 6.07) is 9.05. The highest BCUT2D eigenvalue weighted by Crippen LogP contribution is 2.27. The summed E-state index contributed by atoms with van der Waals surface area (Å²) in [6.07, 6.45) is 5.29. The van der Waals surface area contributed by atoms with Crippen molar-refractivity contribution in [3.63, 3.8) is 0 Å². The standard InChI is InChI=1S/C18H30N2O/c1-3-15-7-5-10-20(11-9-15)18(13-19)17-8-4-6-16(12-17)14-21-2/h4,6,8,12,15,18H,3,5,7,9-11,13-14,19H2,1-2H3. The van der Waals surface area contributed by atoms with Crippen LogP contribution in [-0.4, -0.2) is 31.6 Å². The molecule has 0 amide bonds. The van der Waals surface area contributed by atoms with Crippen molar-refractivity contribution in [1.29, 1.82) is 0 Å². The minimum atomic E-state index is 0.345. The van der Waals surface area contributed by atoms with Crippen molar-refractivity contribution in [3.8, 4) is 0 Å². The van der Waals surface area contributed by atoms with Gasteiger partial charge in [-0.2, -0.15) is 0 Å². The van der Waals surface area contributed by atoms with Gasteiger partial charge in [0.1, 0.15) is 0 Å². The van der Waals surface area contributed by atoms with Crippen LogP contribution >= 0.6 is 0 Å². The topological polar surface area (TPSA) is 38.5 Å². The second kappa shape index (κ2) is 8.52. The van der Waals surface area contributed by atoms with Crippen LogP contribution in [0.3, 0.4) is 0 Å². The zero-order chi connectivity index (χ0) is 15.1. The van der Waals surface area contributed by atoms with E-state index >= 15 is 0 Å². The third-order valence-corrected chi connectivity index (χ3v) is 4.77. The van der Waals surface area contributed by atoms with Crippen LogP contribution < -0.4 is 5.73 Å². The first-order chi connectivity index (χ1) is 10.3. The first-order valence-corrected chi connectivity index (χ1v) is 8.30. The van der Waals surface area contributed by atoms with E-state index in [4.69, 9.17) is 10.5 Å². The highest BCUT2D eigenvalue weighted by molar-refractivity contribution is 5.26. The Morgan fingerprint density at radius 2 is 2.19 bits per heavy atom. The summed E-state index contributed by atoms with van der Waals surface area (Å²) in [5.74, 6) is 0.897. The zero-order valence-electron chi connectivity index (χ0n) is 13.6.